The smallest absolute Gasteiger partial charge is 0.159 e. The Morgan fingerprint density at radius 3 is 2.54 bits per heavy atom. The Bertz CT molecular complexity index is 1110. The van der Waals surface area contributed by atoms with Crippen molar-refractivity contribution >= 4 is 11.9 Å². The van der Waals surface area contributed by atoms with Gasteiger partial charge < -0.3 is 10.4 Å². The van der Waals surface area contributed by atoms with E-state index in [2.05, 4.69) is 44.9 Å². The van der Waals surface area contributed by atoms with Crippen molar-refractivity contribution in [1.82, 2.24) is 10.3 Å². The Balaban J connectivity index is 1.34. The van der Waals surface area contributed by atoms with Gasteiger partial charge in [0.1, 0.15) is 0 Å². The number of aliphatic hydroxyl groups is 1. The Hall–Kier alpha value is -1.52. The van der Waals surface area contributed by atoms with Crippen molar-refractivity contribution in [1.29, 1.82) is 0 Å². The Labute approximate surface area is 236 Å². The molecular formula is C35H52N2O2. The summed E-state index contributed by atoms with van der Waals surface area (Å²) in [5, 5.41) is 14.8. The number of hydrogen-bond donors (Lipinski definition) is 2. The standard InChI is InChI=1S/C35H52N2O2/c1-31(2)28-15-17-34(5)29(32(28,3)16-8-22-37-31)13-11-26-30-25(27(39)12-10-24-9-6-7-21-36-24)14-18-35(30,23-38)20-19-33(26,34)4/h6-7,9-10,12,21,25-26,28-30,37-38H,8,11,13-20,22-23H2,1-5H3/b12-10+/t25-,26+,28-,29+,30+,32-,33+,34+,35+/m0/s1. The summed E-state index contributed by atoms with van der Waals surface area (Å²) in [5.74, 6) is 2.52. The van der Waals surface area contributed by atoms with E-state index < -0.39 is 0 Å². The summed E-state index contributed by atoms with van der Waals surface area (Å²) in [6, 6.07) is 5.83. The first-order valence-electron chi connectivity index (χ1n) is 16.0. The molecule has 2 N–H and O–H groups in total. The highest BCUT2D eigenvalue weighted by molar-refractivity contribution is 5.95. The van der Waals surface area contributed by atoms with Crippen LogP contribution in [0.2, 0.25) is 0 Å². The predicted octanol–water partition coefficient (Wildman–Crippen LogP) is 7.08. The average molecular weight is 533 g/mol. The van der Waals surface area contributed by atoms with Crippen LogP contribution in [0, 0.1) is 51.2 Å². The molecule has 6 rings (SSSR count). The van der Waals surface area contributed by atoms with Gasteiger partial charge in [-0.2, -0.15) is 0 Å². The van der Waals surface area contributed by atoms with Gasteiger partial charge >= 0.3 is 0 Å². The lowest BCUT2D eigenvalue weighted by Crippen LogP contribution is -2.66. The molecule has 1 aliphatic heterocycles. The van der Waals surface area contributed by atoms with Crippen molar-refractivity contribution < 1.29 is 9.90 Å². The first-order valence-corrected chi connectivity index (χ1v) is 16.0. The van der Waals surface area contributed by atoms with Gasteiger partial charge in [0.15, 0.2) is 5.78 Å². The number of hydrogen-bond acceptors (Lipinski definition) is 4. The fraction of sp³-hybridized carbons (Fsp3) is 0.771. The summed E-state index contributed by atoms with van der Waals surface area (Å²) < 4.78 is 0. The van der Waals surface area contributed by atoms with Crippen LogP contribution in [-0.2, 0) is 4.79 Å². The van der Waals surface area contributed by atoms with Crippen LogP contribution in [0.25, 0.3) is 6.08 Å². The summed E-state index contributed by atoms with van der Waals surface area (Å²) in [4.78, 5) is 18.2. The number of carbonyl (C=O) groups excluding carboxylic acids is 1. The molecule has 214 valence electrons. The molecule has 0 bridgehead atoms. The fourth-order valence-corrected chi connectivity index (χ4v) is 12.0. The van der Waals surface area contributed by atoms with E-state index in [1.807, 2.05) is 24.3 Å². The number of aliphatic hydroxyl groups excluding tert-OH is 1. The van der Waals surface area contributed by atoms with Crippen molar-refractivity contribution in [3.63, 3.8) is 0 Å². The van der Waals surface area contributed by atoms with Gasteiger partial charge in [-0.1, -0.05) is 26.8 Å². The lowest BCUT2D eigenvalue weighted by molar-refractivity contribution is -0.227. The van der Waals surface area contributed by atoms with Gasteiger partial charge in [-0.3, -0.25) is 9.78 Å². The third kappa shape index (κ3) is 3.97. The highest BCUT2D eigenvalue weighted by Gasteiger charge is 2.70. The second kappa shape index (κ2) is 9.51. The monoisotopic (exact) mass is 532 g/mol. The number of pyridine rings is 1. The zero-order chi connectivity index (χ0) is 27.7. The van der Waals surface area contributed by atoms with E-state index in [0.717, 1.165) is 37.4 Å². The number of rotatable bonds is 4. The zero-order valence-corrected chi connectivity index (χ0v) is 25.1. The van der Waals surface area contributed by atoms with Crippen LogP contribution >= 0.6 is 0 Å². The third-order valence-electron chi connectivity index (χ3n) is 14.0. The van der Waals surface area contributed by atoms with Crippen molar-refractivity contribution in [3.8, 4) is 0 Å². The van der Waals surface area contributed by atoms with E-state index >= 15 is 0 Å². The molecule has 0 unspecified atom stereocenters. The molecule has 9 atom stereocenters. The van der Waals surface area contributed by atoms with E-state index in [0.29, 0.717) is 17.3 Å². The van der Waals surface area contributed by atoms with Crippen molar-refractivity contribution in [2.45, 2.75) is 104 Å². The maximum Gasteiger partial charge on any atom is 0.159 e. The maximum atomic E-state index is 13.8. The maximum absolute atomic E-state index is 13.8. The minimum absolute atomic E-state index is 0.0230. The quantitative estimate of drug-likeness (QED) is 0.407. The molecule has 0 amide bonds. The van der Waals surface area contributed by atoms with Crippen LogP contribution in [0.15, 0.2) is 30.5 Å². The van der Waals surface area contributed by atoms with Crippen LogP contribution in [0.3, 0.4) is 0 Å². The zero-order valence-electron chi connectivity index (χ0n) is 25.1. The molecule has 0 aromatic carbocycles. The molecule has 4 aliphatic carbocycles. The Morgan fingerprint density at radius 2 is 1.79 bits per heavy atom. The molecular weight excluding hydrogens is 480 g/mol. The van der Waals surface area contributed by atoms with Crippen molar-refractivity contribution in [2.75, 3.05) is 13.2 Å². The van der Waals surface area contributed by atoms with E-state index in [9.17, 15) is 9.90 Å². The molecule has 39 heavy (non-hydrogen) atoms. The normalized spacial score (nSPS) is 47.0. The summed E-state index contributed by atoms with van der Waals surface area (Å²) >= 11 is 0. The van der Waals surface area contributed by atoms with E-state index in [1.165, 1.54) is 44.9 Å². The van der Waals surface area contributed by atoms with Gasteiger partial charge in [0.2, 0.25) is 0 Å². The Kier molecular flexibility index (Phi) is 6.74. The molecule has 2 heterocycles. The van der Waals surface area contributed by atoms with Crippen LogP contribution < -0.4 is 5.32 Å². The number of nitrogens with one attached hydrogen (secondary N) is 1. The van der Waals surface area contributed by atoms with Crippen molar-refractivity contribution in [2.24, 2.45) is 51.2 Å². The lowest BCUT2D eigenvalue weighted by Gasteiger charge is -2.71. The highest BCUT2D eigenvalue weighted by Crippen LogP contribution is 2.76. The number of carbonyl (C=O) groups is 1. The van der Waals surface area contributed by atoms with Gasteiger partial charge in [0.25, 0.3) is 0 Å². The van der Waals surface area contributed by atoms with Gasteiger partial charge in [-0.05, 0) is 154 Å². The fourth-order valence-electron chi connectivity index (χ4n) is 12.0. The molecule has 0 spiro atoms. The summed E-state index contributed by atoms with van der Waals surface area (Å²) in [5.41, 5.74) is 1.79. The van der Waals surface area contributed by atoms with E-state index in [-0.39, 0.29) is 46.0 Å². The second-order valence-corrected chi connectivity index (χ2v) is 15.6. The second-order valence-electron chi connectivity index (χ2n) is 15.6. The molecule has 4 heteroatoms. The SMILES string of the molecule is CC1(C)NCCC[C@]2(C)[C@H]3CC[C@@H]4[C@H]5[C@H](C(=O)/C=C/c6ccccn6)CC[C@]5(CO)CC[C@@]4(C)[C@]3(C)CC[C@@H]12. The van der Waals surface area contributed by atoms with Crippen LogP contribution in [0.4, 0.5) is 0 Å². The van der Waals surface area contributed by atoms with Gasteiger partial charge in [0, 0.05) is 24.3 Å². The lowest BCUT2D eigenvalue weighted by atomic mass is 9.33. The first kappa shape index (κ1) is 27.6. The largest absolute Gasteiger partial charge is 0.396 e. The first-order chi connectivity index (χ1) is 18.5. The van der Waals surface area contributed by atoms with Crippen LogP contribution in [0.1, 0.15) is 105 Å². The van der Waals surface area contributed by atoms with Gasteiger partial charge in [-0.25, -0.2) is 0 Å². The Morgan fingerprint density at radius 1 is 0.974 bits per heavy atom. The average Bonchev–Trinajstić information content (AvgIpc) is 3.25. The van der Waals surface area contributed by atoms with E-state index in [1.54, 1.807) is 12.3 Å². The van der Waals surface area contributed by atoms with Crippen molar-refractivity contribution in [3.05, 3.63) is 36.2 Å². The molecule has 4 nitrogen and oxygen atoms in total. The van der Waals surface area contributed by atoms with Gasteiger partial charge in [-0.15, -0.1) is 0 Å². The predicted molar refractivity (Wildman–Crippen MR) is 158 cm³/mol. The van der Waals surface area contributed by atoms with E-state index in [4.69, 9.17) is 0 Å². The number of allylic oxidation sites excluding steroid dienone is 1. The minimum atomic E-state index is -0.0815. The summed E-state index contributed by atoms with van der Waals surface area (Å²) in [6.45, 7) is 14.2. The minimum Gasteiger partial charge on any atom is -0.396 e. The molecule has 0 radical (unpaired) electrons. The number of fused-ring (bicyclic) bond motifs is 7. The molecule has 5 aliphatic rings. The number of aromatic nitrogens is 1. The van der Waals surface area contributed by atoms with Crippen LogP contribution in [-0.4, -0.2) is 34.6 Å². The number of ketones is 1. The molecule has 1 aromatic rings. The number of nitrogens with zero attached hydrogens (tertiary/aromatic N) is 1. The highest BCUT2D eigenvalue weighted by atomic mass is 16.3. The summed E-state index contributed by atoms with van der Waals surface area (Å²) in [7, 11) is 0. The molecule has 1 saturated heterocycles. The molecule has 1 aromatic heterocycles. The molecule has 4 saturated carbocycles. The topological polar surface area (TPSA) is 62.2 Å². The van der Waals surface area contributed by atoms with Gasteiger partial charge in [0.05, 0.1) is 5.69 Å². The third-order valence-corrected chi connectivity index (χ3v) is 14.0. The summed E-state index contributed by atoms with van der Waals surface area (Å²) in [6.07, 6.45) is 17.4. The van der Waals surface area contributed by atoms with Crippen LogP contribution in [0.5, 0.6) is 0 Å². The molecule has 5 fully saturated rings.